The van der Waals surface area contributed by atoms with Crippen molar-refractivity contribution in [3.63, 3.8) is 0 Å². The number of carbonyl (C=O) groups excluding carboxylic acids is 2. The molecule has 1 N–H and O–H groups in total. The van der Waals surface area contributed by atoms with Crippen molar-refractivity contribution in [1.82, 2.24) is 10.2 Å². The van der Waals surface area contributed by atoms with Crippen LogP contribution in [0.2, 0.25) is 5.02 Å². The number of benzene rings is 1. The van der Waals surface area contributed by atoms with Crippen LogP contribution < -0.4 is 5.32 Å². The summed E-state index contributed by atoms with van der Waals surface area (Å²) in [4.78, 5) is 29.4. The Labute approximate surface area is 163 Å². The van der Waals surface area contributed by atoms with Crippen LogP contribution in [0.15, 0.2) is 36.4 Å². The number of carbonyl (C=O) groups is 2. The van der Waals surface area contributed by atoms with Crippen LogP contribution in [0.1, 0.15) is 39.9 Å². The van der Waals surface area contributed by atoms with Gasteiger partial charge >= 0.3 is 0 Å². The summed E-state index contributed by atoms with van der Waals surface area (Å²) >= 11 is 7.62. The van der Waals surface area contributed by atoms with E-state index in [4.69, 9.17) is 11.6 Å². The van der Waals surface area contributed by atoms with Crippen molar-refractivity contribution in [2.24, 2.45) is 5.92 Å². The summed E-state index contributed by atoms with van der Waals surface area (Å²) in [6, 6.07) is 11.1. The summed E-state index contributed by atoms with van der Waals surface area (Å²) in [6.07, 6.45) is 2.68. The second-order valence-electron chi connectivity index (χ2n) is 6.54. The average Bonchev–Trinajstić information content (AvgIpc) is 3.14. The van der Waals surface area contributed by atoms with E-state index in [9.17, 15) is 9.59 Å². The van der Waals surface area contributed by atoms with Crippen molar-refractivity contribution in [3.8, 4) is 0 Å². The topological polar surface area (TPSA) is 49.4 Å². The molecule has 3 rings (SSSR count). The zero-order valence-corrected chi connectivity index (χ0v) is 16.4. The summed E-state index contributed by atoms with van der Waals surface area (Å²) in [7, 11) is 0. The maximum atomic E-state index is 12.6. The Hall–Kier alpha value is -1.85. The fraction of sp³-hybridized carbons (Fsp3) is 0.400. The minimum atomic E-state index is -0.148. The third-order valence-electron chi connectivity index (χ3n) is 4.67. The Balaban J connectivity index is 1.56. The summed E-state index contributed by atoms with van der Waals surface area (Å²) < 4.78 is 0. The van der Waals surface area contributed by atoms with Gasteiger partial charge in [0, 0.05) is 33.4 Å². The van der Waals surface area contributed by atoms with Gasteiger partial charge in [0.25, 0.3) is 5.91 Å². The lowest BCUT2D eigenvalue weighted by atomic mass is 9.96. The largest absolute Gasteiger partial charge is 0.351 e. The first-order chi connectivity index (χ1) is 12.6. The van der Waals surface area contributed by atoms with E-state index in [2.05, 4.69) is 24.4 Å². The second kappa shape index (κ2) is 8.69. The second-order valence-corrected chi connectivity index (χ2v) is 8.23. The molecule has 1 fully saturated rings. The lowest BCUT2D eigenvalue weighted by Gasteiger charge is -2.32. The smallest absolute Gasteiger partial charge is 0.253 e. The molecule has 4 nitrogen and oxygen atoms in total. The van der Waals surface area contributed by atoms with Crippen LogP contribution in [-0.4, -0.2) is 29.8 Å². The molecule has 1 aromatic carbocycles. The SMILES string of the molecule is CCc1ccc(CNC(=O)C2CCCN(C(=O)c3ccc(Cl)cc3)C2)s1. The van der Waals surface area contributed by atoms with Crippen LogP contribution in [0.3, 0.4) is 0 Å². The van der Waals surface area contributed by atoms with Gasteiger partial charge in [-0.25, -0.2) is 0 Å². The first kappa shape index (κ1) is 18.9. The molecule has 2 amide bonds. The van der Waals surface area contributed by atoms with Crippen LogP contribution in [0.5, 0.6) is 0 Å². The molecule has 1 aromatic heterocycles. The van der Waals surface area contributed by atoms with Crippen molar-refractivity contribution in [2.45, 2.75) is 32.7 Å². The molecule has 1 saturated heterocycles. The number of likely N-dealkylation sites (tertiary alicyclic amines) is 1. The third kappa shape index (κ3) is 4.65. The monoisotopic (exact) mass is 390 g/mol. The number of aryl methyl sites for hydroxylation is 1. The molecule has 1 atom stereocenters. The highest BCUT2D eigenvalue weighted by atomic mass is 35.5. The van der Waals surface area contributed by atoms with Gasteiger partial charge < -0.3 is 10.2 Å². The predicted molar refractivity (Wildman–Crippen MR) is 106 cm³/mol. The van der Waals surface area contributed by atoms with Crippen LogP contribution in [0, 0.1) is 5.92 Å². The Bertz CT molecular complexity index is 772. The summed E-state index contributed by atoms with van der Waals surface area (Å²) in [5.74, 6) is -0.152. The van der Waals surface area contributed by atoms with E-state index >= 15 is 0 Å². The number of piperidine rings is 1. The van der Waals surface area contributed by atoms with Crippen LogP contribution in [0.25, 0.3) is 0 Å². The normalized spacial score (nSPS) is 17.2. The molecule has 138 valence electrons. The number of thiophene rings is 1. The molecule has 26 heavy (non-hydrogen) atoms. The van der Waals surface area contributed by atoms with Gasteiger partial charge in [0.15, 0.2) is 0 Å². The van der Waals surface area contributed by atoms with Crippen molar-refractivity contribution in [2.75, 3.05) is 13.1 Å². The predicted octanol–water partition coefficient (Wildman–Crippen LogP) is 4.13. The zero-order valence-electron chi connectivity index (χ0n) is 14.8. The fourth-order valence-electron chi connectivity index (χ4n) is 3.18. The molecule has 2 heterocycles. The first-order valence-electron chi connectivity index (χ1n) is 8.97. The molecule has 2 aromatic rings. The molecular weight excluding hydrogens is 368 g/mol. The van der Waals surface area contributed by atoms with E-state index in [1.165, 1.54) is 9.75 Å². The van der Waals surface area contributed by atoms with Crippen LogP contribution in [0.4, 0.5) is 0 Å². The quantitative estimate of drug-likeness (QED) is 0.834. The minimum absolute atomic E-state index is 0.0325. The molecule has 1 aliphatic heterocycles. The highest BCUT2D eigenvalue weighted by Crippen LogP contribution is 2.21. The van der Waals surface area contributed by atoms with Gasteiger partial charge in [0.2, 0.25) is 5.91 Å². The highest BCUT2D eigenvalue weighted by Gasteiger charge is 2.28. The van der Waals surface area contributed by atoms with Crippen molar-refractivity contribution in [1.29, 1.82) is 0 Å². The van der Waals surface area contributed by atoms with Gasteiger partial charge in [-0.1, -0.05) is 18.5 Å². The first-order valence-corrected chi connectivity index (χ1v) is 10.2. The molecule has 1 aliphatic rings. The minimum Gasteiger partial charge on any atom is -0.351 e. The number of amides is 2. The molecule has 0 spiro atoms. The maximum absolute atomic E-state index is 12.6. The summed E-state index contributed by atoms with van der Waals surface area (Å²) in [6.45, 7) is 3.85. The Kier molecular flexibility index (Phi) is 6.33. The molecule has 0 bridgehead atoms. The Morgan fingerprint density at radius 3 is 2.62 bits per heavy atom. The fourth-order valence-corrected chi connectivity index (χ4v) is 4.20. The van der Waals surface area contributed by atoms with E-state index < -0.39 is 0 Å². The number of nitrogens with zero attached hydrogens (tertiary/aromatic N) is 1. The number of hydrogen-bond donors (Lipinski definition) is 1. The average molecular weight is 391 g/mol. The van der Waals surface area contributed by atoms with Gasteiger partial charge in [0.05, 0.1) is 12.5 Å². The van der Waals surface area contributed by atoms with Crippen molar-refractivity contribution in [3.05, 3.63) is 56.7 Å². The zero-order chi connectivity index (χ0) is 18.5. The van der Waals surface area contributed by atoms with Crippen molar-refractivity contribution >= 4 is 34.8 Å². The lowest BCUT2D eigenvalue weighted by Crippen LogP contribution is -2.45. The highest BCUT2D eigenvalue weighted by molar-refractivity contribution is 7.11. The molecule has 0 aliphatic carbocycles. The maximum Gasteiger partial charge on any atom is 0.253 e. The van der Waals surface area contributed by atoms with E-state index in [1.807, 2.05) is 0 Å². The van der Waals surface area contributed by atoms with Gasteiger partial charge in [-0.05, 0) is 55.7 Å². The number of nitrogens with one attached hydrogen (secondary N) is 1. The summed E-state index contributed by atoms with van der Waals surface area (Å²) in [5.41, 5.74) is 0.612. The molecule has 1 unspecified atom stereocenters. The number of halogens is 1. The van der Waals surface area contributed by atoms with E-state index in [0.717, 1.165) is 19.3 Å². The Morgan fingerprint density at radius 2 is 1.92 bits per heavy atom. The Morgan fingerprint density at radius 1 is 1.19 bits per heavy atom. The van der Waals surface area contributed by atoms with E-state index in [0.29, 0.717) is 30.2 Å². The van der Waals surface area contributed by atoms with Gasteiger partial charge in [-0.2, -0.15) is 0 Å². The van der Waals surface area contributed by atoms with Crippen LogP contribution >= 0.6 is 22.9 Å². The molecular formula is C20H23ClN2O2S. The van der Waals surface area contributed by atoms with E-state index in [-0.39, 0.29) is 17.7 Å². The molecule has 6 heteroatoms. The van der Waals surface area contributed by atoms with Crippen LogP contribution in [-0.2, 0) is 17.8 Å². The van der Waals surface area contributed by atoms with E-state index in [1.54, 1.807) is 40.5 Å². The lowest BCUT2D eigenvalue weighted by molar-refractivity contribution is -0.126. The van der Waals surface area contributed by atoms with Crippen molar-refractivity contribution < 1.29 is 9.59 Å². The summed E-state index contributed by atoms with van der Waals surface area (Å²) in [5, 5.41) is 3.64. The standard InChI is InChI=1S/C20H23ClN2O2S/c1-2-17-9-10-18(26-17)12-22-19(24)15-4-3-11-23(13-15)20(25)14-5-7-16(21)8-6-14/h5-10,15H,2-4,11-13H2,1H3,(H,22,24). The van der Waals surface area contributed by atoms with Gasteiger partial charge in [-0.15, -0.1) is 11.3 Å². The number of rotatable bonds is 5. The number of hydrogen-bond acceptors (Lipinski definition) is 3. The van der Waals surface area contributed by atoms with Gasteiger partial charge in [-0.3, -0.25) is 9.59 Å². The molecule has 0 radical (unpaired) electrons. The third-order valence-corrected chi connectivity index (χ3v) is 6.15. The molecule has 0 saturated carbocycles. The van der Waals surface area contributed by atoms with Gasteiger partial charge in [0.1, 0.15) is 0 Å².